The van der Waals surface area contributed by atoms with Crippen molar-refractivity contribution in [3.8, 4) is 0 Å². The minimum atomic E-state index is -1.15. The zero-order valence-electron chi connectivity index (χ0n) is 8.36. The maximum Gasteiger partial charge on any atom is 0.352 e. The van der Waals surface area contributed by atoms with Crippen molar-refractivity contribution in [3.05, 3.63) is 52.3 Å². The minimum absolute atomic E-state index is 0.112. The van der Waals surface area contributed by atoms with Crippen LogP contribution in [-0.4, -0.2) is 16.1 Å². The summed E-state index contributed by atoms with van der Waals surface area (Å²) < 4.78 is 0. The average Bonchev–Trinajstić information content (AvgIpc) is 2.27. The van der Waals surface area contributed by atoms with Crippen molar-refractivity contribution in [2.75, 3.05) is 0 Å². The highest BCUT2D eigenvalue weighted by Gasteiger charge is 2.09. The van der Waals surface area contributed by atoms with Gasteiger partial charge in [-0.15, -0.1) is 0 Å². The molecule has 80 valence electrons. The largest absolute Gasteiger partial charge is 0.477 e. The van der Waals surface area contributed by atoms with E-state index in [-0.39, 0.29) is 11.1 Å². The summed E-state index contributed by atoms with van der Waals surface area (Å²) >= 11 is 0. The van der Waals surface area contributed by atoms with E-state index >= 15 is 0 Å². The van der Waals surface area contributed by atoms with E-state index in [1.807, 2.05) is 0 Å². The van der Waals surface area contributed by atoms with Crippen LogP contribution in [-0.2, 0) is 0 Å². The van der Waals surface area contributed by atoms with E-state index in [1.54, 1.807) is 24.3 Å². The Labute approximate surface area is 90.9 Å². The van der Waals surface area contributed by atoms with Crippen molar-refractivity contribution in [1.82, 2.24) is 4.98 Å². The molecule has 1 aromatic carbocycles. The summed E-state index contributed by atoms with van der Waals surface area (Å²) in [7, 11) is 0. The summed E-state index contributed by atoms with van der Waals surface area (Å²) in [6.07, 6.45) is 1.57. The van der Waals surface area contributed by atoms with E-state index in [0.29, 0.717) is 16.5 Å². The van der Waals surface area contributed by atoms with Crippen LogP contribution >= 0.6 is 0 Å². The van der Waals surface area contributed by atoms with Crippen LogP contribution in [0.25, 0.3) is 17.0 Å². The third-order valence-electron chi connectivity index (χ3n) is 2.34. The average molecular weight is 215 g/mol. The van der Waals surface area contributed by atoms with Crippen LogP contribution in [0.1, 0.15) is 16.1 Å². The van der Waals surface area contributed by atoms with Gasteiger partial charge >= 0.3 is 5.97 Å². The molecule has 4 heteroatoms. The second kappa shape index (κ2) is 3.66. The summed E-state index contributed by atoms with van der Waals surface area (Å²) in [5.74, 6) is -1.15. The number of aromatic amines is 1. The van der Waals surface area contributed by atoms with Gasteiger partial charge in [-0.25, -0.2) is 4.79 Å². The molecule has 1 aromatic heterocycles. The minimum Gasteiger partial charge on any atom is -0.477 e. The molecule has 0 amide bonds. The molecule has 0 bridgehead atoms. The molecule has 0 saturated heterocycles. The molecule has 0 atom stereocenters. The van der Waals surface area contributed by atoms with E-state index in [0.717, 1.165) is 6.07 Å². The summed E-state index contributed by atoms with van der Waals surface area (Å²) in [6.45, 7) is 3.61. The fourth-order valence-corrected chi connectivity index (χ4v) is 1.62. The molecule has 2 rings (SSSR count). The summed E-state index contributed by atoms with van der Waals surface area (Å²) in [5, 5.41) is 9.27. The van der Waals surface area contributed by atoms with E-state index in [1.165, 1.54) is 0 Å². The van der Waals surface area contributed by atoms with Crippen LogP contribution in [0.5, 0.6) is 0 Å². The van der Waals surface area contributed by atoms with Gasteiger partial charge in [0.2, 0.25) is 0 Å². The van der Waals surface area contributed by atoms with E-state index in [2.05, 4.69) is 11.6 Å². The van der Waals surface area contributed by atoms with Gasteiger partial charge < -0.3 is 10.1 Å². The lowest BCUT2D eigenvalue weighted by atomic mass is 10.1. The number of carbonyl (C=O) groups is 1. The molecule has 0 radical (unpaired) electrons. The molecule has 0 spiro atoms. The molecule has 0 aliphatic rings. The fraction of sp³-hybridized carbons (Fsp3) is 0. The van der Waals surface area contributed by atoms with Gasteiger partial charge in [-0.2, -0.15) is 0 Å². The van der Waals surface area contributed by atoms with Crippen molar-refractivity contribution in [2.24, 2.45) is 0 Å². The maximum absolute atomic E-state index is 11.8. The second-order valence-corrected chi connectivity index (χ2v) is 3.33. The molecule has 2 N–H and O–H groups in total. The summed E-state index contributed by atoms with van der Waals surface area (Å²) in [6, 6.07) is 6.24. The molecule has 4 nitrogen and oxygen atoms in total. The topological polar surface area (TPSA) is 70.2 Å². The van der Waals surface area contributed by atoms with Crippen molar-refractivity contribution in [3.63, 3.8) is 0 Å². The monoisotopic (exact) mass is 215 g/mol. The van der Waals surface area contributed by atoms with Crippen molar-refractivity contribution >= 4 is 22.9 Å². The quantitative estimate of drug-likeness (QED) is 0.803. The van der Waals surface area contributed by atoms with Crippen LogP contribution in [0.2, 0.25) is 0 Å². The number of carboxylic acids is 1. The van der Waals surface area contributed by atoms with Crippen LogP contribution < -0.4 is 5.43 Å². The smallest absolute Gasteiger partial charge is 0.352 e. The van der Waals surface area contributed by atoms with Crippen molar-refractivity contribution < 1.29 is 9.90 Å². The molecule has 0 aliphatic carbocycles. The van der Waals surface area contributed by atoms with Crippen LogP contribution in [0.3, 0.4) is 0 Å². The number of carboxylic acid groups (broad SMARTS) is 1. The Kier molecular flexibility index (Phi) is 2.32. The molecule has 0 fully saturated rings. The van der Waals surface area contributed by atoms with Gasteiger partial charge in [-0.1, -0.05) is 24.8 Å². The van der Waals surface area contributed by atoms with Gasteiger partial charge in [0.05, 0.1) is 10.9 Å². The van der Waals surface area contributed by atoms with E-state index in [4.69, 9.17) is 5.11 Å². The molecule has 0 aliphatic heterocycles. The van der Waals surface area contributed by atoms with Crippen molar-refractivity contribution in [2.45, 2.75) is 0 Å². The number of pyridine rings is 1. The maximum atomic E-state index is 11.8. The zero-order valence-corrected chi connectivity index (χ0v) is 8.36. The number of hydrogen-bond acceptors (Lipinski definition) is 2. The first-order valence-corrected chi connectivity index (χ1v) is 4.65. The highest BCUT2D eigenvalue weighted by molar-refractivity contribution is 5.92. The highest BCUT2D eigenvalue weighted by Crippen LogP contribution is 2.14. The van der Waals surface area contributed by atoms with Gasteiger partial charge in [-0.05, 0) is 11.6 Å². The Balaban J connectivity index is 2.91. The second-order valence-electron chi connectivity index (χ2n) is 3.33. The molecule has 0 saturated carbocycles. The number of aromatic carboxylic acids is 1. The van der Waals surface area contributed by atoms with Gasteiger partial charge in [0.1, 0.15) is 5.69 Å². The Bertz CT molecular complexity index is 640. The molecule has 2 aromatic rings. The van der Waals surface area contributed by atoms with Gasteiger partial charge in [0.15, 0.2) is 5.43 Å². The lowest BCUT2D eigenvalue weighted by Crippen LogP contribution is -2.10. The Morgan fingerprint density at radius 2 is 2.19 bits per heavy atom. The normalized spacial score (nSPS) is 10.2. The predicted molar refractivity (Wildman–Crippen MR) is 61.6 cm³/mol. The lowest BCUT2D eigenvalue weighted by molar-refractivity contribution is 0.0691. The van der Waals surface area contributed by atoms with Gasteiger partial charge in [-0.3, -0.25) is 4.79 Å². The van der Waals surface area contributed by atoms with Gasteiger partial charge in [0.25, 0.3) is 0 Å². The Morgan fingerprint density at radius 1 is 1.44 bits per heavy atom. The summed E-state index contributed by atoms with van der Waals surface area (Å²) in [5.41, 5.74) is 0.762. The number of aromatic nitrogens is 1. The standard InChI is InChI=1S/C12H9NO3/c1-2-7-4-3-5-8-11(7)10(14)6-9(13-8)12(15)16/h2-6H,1H2,(H,13,14)(H,15,16). The van der Waals surface area contributed by atoms with Crippen LogP contribution in [0, 0.1) is 0 Å². The first-order chi connectivity index (χ1) is 7.63. The lowest BCUT2D eigenvalue weighted by Gasteiger charge is -2.02. The first-order valence-electron chi connectivity index (χ1n) is 4.65. The Hall–Kier alpha value is -2.36. The number of fused-ring (bicyclic) bond motifs is 1. The number of nitrogens with one attached hydrogen (secondary N) is 1. The zero-order chi connectivity index (χ0) is 11.7. The SMILES string of the molecule is C=Cc1cccc2[nH]c(C(=O)O)cc(=O)c12. The third kappa shape index (κ3) is 1.50. The van der Waals surface area contributed by atoms with E-state index < -0.39 is 5.97 Å². The molecular weight excluding hydrogens is 206 g/mol. The van der Waals surface area contributed by atoms with E-state index in [9.17, 15) is 9.59 Å². The highest BCUT2D eigenvalue weighted by atomic mass is 16.4. The molecule has 16 heavy (non-hydrogen) atoms. The predicted octanol–water partition coefficient (Wildman–Crippen LogP) is 1.87. The number of rotatable bonds is 2. The summed E-state index contributed by atoms with van der Waals surface area (Å²) in [4.78, 5) is 25.2. The molecular formula is C12H9NO3. The number of H-pyrrole nitrogens is 1. The van der Waals surface area contributed by atoms with Gasteiger partial charge in [0, 0.05) is 6.07 Å². The first kappa shape index (κ1) is 10.2. The number of hydrogen-bond donors (Lipinski definition) is 2. The molecule has 1 heterocycles. The Morgan fingerprint density at radius 3 is 2.81 bits per heavy atom. The van der Waals surface area contributed by atoms with Crippen LogP contribution in [0.15, 0.2) is 35.6 Å². The molecule has 0 unspecified atom stereocenters. The van der Waals surface area contributed by atoms with Crippen molar-refractivity contribution in [1.29, 1.82) is 0 Å². The number of benzene rings is 1. The fourth-order valence-electron chi connectivity index (χ4n) is 1.62. The van der Waals surface area contributed by atoms with Crippen LogP contribution in [0.4, 0.5) is 0 Å². The third-order valence-corrected chi connectivity index (χ3v) is 2.34.